The van der Waals surface area contributed by atoms with Gasteiger partial charge in [0.15, 0.2) is 0 Å². The molecule has 2 aromatic rings. The van der Waals surface area contributed by atoms with Crippen LogP contribution in [0.15, 0.2) is 24.5 Å². The van der Waals surface area contributed by atoms with E-state index >= 15 is 0 Å². The van der Waals surface area contributed by atoms with Crippen LogP contribution < -0.4 is 5.32 Å². The predicted octanol–water partition coefficient (Wildman–Crippen LogP) is 2.01. The molecule has 0 saturated carbocycles. The van der Waals surface area contributed by atoms with E-state index in [2.05, 4.69) is 29.4 Å². The summed E-state index contributed by atoms with van der Waals surface area (Å²) in [6.45, 7) is 3.04. The Morgan fingerprint density at radius 3 is 3.08 bits per heavy atom. The molecule has 0 unspecified atom stereocenters. The molecule has 0 atom stereocenters. The number of aromatic nitrogens is 2. The summed E-state index contributed by atoms with van der Waals surface area (Å²) in [5, 5.41) is 3.28. The van der Waals surface area contributed by atoms with Crippen LogP contribution in [0.5, 0.6) is 0 Å². The molecule has 3 nitrogen and oxygen atoms in total. The van der Waals surface area contributed by atoms with Crippen molar-refractivity contribution in [1.82, 2.24) is 9.55 Å². The zero-order valence-corrected chi connectivity index (χ0v) is 7.91. The fourth-order valence-electron chi connectivity index (χ4n) is 1.44. The van der Waals surface area contributed by atoms with E-state index in [0.29, 0.717) is 0 Å². The summed E-state index contributed by atoms with van der Waals surface area (Å²) in [5.74, 6) is 0. The Bertz CT molecular complexity index is 417. The zero-order chi connectivity index (χ0) is 9.26. The summed E-state index contributed by atoms with van der Waals surface area (Å²) in [7, 11) is 2.01. The first-order valence-corrected chi connectivity index (χ1v) is 4.46. The van der Waals surface area contributed by atoms with Gasteiger partial charge in [0.25, 0.3) is 0 Å². The van der Waals surface area contributed by atoms with Crippen molar-refractivity contribution < 1.29 is 0 Å². The van der Waals surface area contributed by atoms with Gasteiger partial charge in [0, 0.05) is 19.3 Å². The van der Waals surface area contributed by atoms with Gasteiger partial charge in [-0.1, -0.05) is 0 Å². The Morgan fingerprint density at radius 1 is 1.46 bits per heavy atom. The Hall–Kier alpha value is -1.51. The van der Waals surface area contributed by atoms with E-state index in [4.69, 9.17) is 0 Å². The zero-order valence-electron chi connectivity index (χ0n) is 7.91. The van der Waals surface area contributed by atoms with Crippen LogP contribution in [0.4, 0.5) is 5.69 Å². The highest BCUT2D eigenvalue weighted by molar-refractivity contribution is 5.79. The number of rotatable bonds is 2. The average Bonchev–Trinajstić information content (AvgIpc) is 2.49. The van der Waals surface area contributed by atoms with E-state index < -0.39 is 0 Å². The molecule has 0 aliphatic carbocycles. The molecule has 68 valence electrons. The van der Waals surface area contributed by atoms with Crippen molar-refractivity contribution in [1.29, 1.82) is 0 Å². The molecule has 13 heavy (non-hydrogen) atoms. The van der Waals surface area contributed by atoms with Gasteiger partial charge in [-0.25, -0.2) is 4.98 Å². The molecule has 0 radical (unpaired) electrons. The Kier molecular flexibility index (Phi) is 1.93. The summed E-state index contributed by atoms with van der Waals surface area (Å²) >= 11 is 0. The minimum atomic E-state index is 0.948. The molecule has 0 spiro atoms. The molecule has 1 N–H and O–H groups in total. The lowest BCUT2D eigenvalue weighted by atomic mass is 10.2. The fraction of sp³-hybridized carbons (Fsp3) is 0.300. The Balaban J connectivity index is 2.53. The third-order valence-electron chi connectivity index (χ3n) is 2.11. The van der Waals surface area contributed by atoms with Gasteiger partial charge in [-0.2, -0.15) is 0 Å². The highest BCUT2D eigenvalue weighted by Crippen LogP contribution is 2.16. The quantitative estimate of drug-likeness (QED) is 0.756. The lowest BCUT2D eigenvalue weighted by molar-refractivity contribution is 0.947. The SMILES string of the molecule is CCNc1ccc2ncn(C)c2c1. The number of benzene rings is 1. The van der Waals surface area contributed by atoms with Crippen molar-refractivity contribution in [2.24, 2.45) is 7.05 Å². The minimum absolute atomic E-state index is 0.948. The van der Waals surface area contributed by atoms with Gasteiger partial charge in [-0.15, -0.1) is 0 Å². The van der Waals surface area contributed by atoms with Gasteiger partial charge >= 0.3 is 0 Å². The maximum absolute atomic E-state index is 4.25. The first-order chi connectivity index (χ1) is 6.31. The van der Waals surface area contributed by atoms with Crippen molar-refractivity contribution in [3.63, 3.8) is 0 Å². The fourth-order valence-corrected chi connectivity index (χ4v) is 1.44. The molecule has 0 aliphatic rings. The number of nitrogens with one attached hydrogen (secondary N) is 1. The van der Waals surface area contributed by atoms with E-state index in [0.717, 1.165) is 17.7 Å². The molecule has 3 heteroatoms. The van der Waals surface area contributed by atoms with Crippen molar-refractivity contribution >= 4 is 16.7 Å². The largest absolute Gasteiger partial charge is 0.385 e. The summed E-state index contributed by atoms with van der Waals surface area (Å²) in [5.41, 5.74) is 3.36. The van der Waals surface area contributed by atoms with E-state index in [1.807, 2.05) is 24.0 Å². The molecular formula is C10H13N3. The lowest BCUT2D eigenvalue weighted by Gasteiger charge is -2.02. The van der Waals surface area contributed by atoms with E-state index in [1.165, 1.54) is 5.52 Å². The van der Waals surface area contributed by atoms with Crippen molar-refractivity contribution in [3.05, 3.63) is 24.5 Å². The highest BCUT2D eigenvalue weighted by atomic mass is 15.0. The normalized spacial score (nSPS) is 10.6. The molecular weight excluding hydrogens is 162 g/mol. The summed E-state index contributed by atoms with van der Waals surface area (Å²) in [6, 6.07) is 6.21. The summed E-state index contributed by atoms with van der Waals surface area (Å²) < 4.78 is 2.02. The number of hydrogen-bond donors (Lipinski definition) is 1. The third kappa shape index (κ3) is 1.37. The molecule has 1 heterocycles. The van der Waals surface area contributed by atoms with Gasteiger partial charge in [0.05, 0.1) is 17.4 Å². The number of fused-ring (bicyclic) bond motifs is 1. The van der Waals surface area contributed by atoms with Crippen LogP contribution >= 0.6 is 0 Å². The second-order valence-corrected chi connectivity index (χ2v) is 3.09. The highest BCUT2D eigenvalue weighted by Gasteiger charge is 1.99. The maximum atomic E-state index is 4.25. The van der Waals surface area contributed by atoms with Crippen LogP contribution in [0.3, 0.4) is 0 Å². The molecule has 1 aromatic carbocycles. The topological polar surface area (TPSA) is 29.9 Å². The predicted molar refractivity (Wildman–Crippen MR) is 54.9 cm³/mol. The molecule has 0 saturated heterocycles. The first kappa shape index (κ1) is 8.10. The van der Waals surface area contributed by atoms with Crippen LogP contribution in [0.25, 0.3) is 11.0 Å². The monoisotopic (exact) mass is 175 g/mol. The standard InChI is InChI=1S/C10H13N3/c1-3-11-8-4-5-9-10(6-8)13(2)7-12-9/h4-7,11H,3H2,1-2H3. The minimum Gasteiger partial charge on any atom is -0.385 e. The molecule has 0 amide bonds. The Morgan fingerprint density at radius 2 is 2.31 bits per heavy atom. The van der Waals surface area contributed by atoms with E-state index in [9.17, 15) is 0 Å². The lowest BCUT2D eigenvalue weighted by Crippen LogP contribution is -1.96. The van der Waals surface area contributed by atoms with Gasteiger partial charge in [0.1, 0.15) is 0 Å². The molecule has 0 bridgehead atoms. The van der Waals surface area contributed by atoms with Gasteiger partial charge in [-0.3, -0.25) is 0 Å². The Labute approximate surface area is 77.4 Å². The first-order valence-electron chi connectivity index (χ1n) is 4.46. The number of anilines is 1. The van der Waals surface area contributed by atoms with Gasteiger partial charge in [0.2, 0.25) is 0 Å². The van der Waals surface area contributed by atoms with E-state index in [-0.39, 0.29) is 0 Å². The number of aryl methyl sites for hydroxylation is 1. The molecule has 0 aliphatic heterocycles. The van der Waals surface area contributed by atoms with Gasteiger partial charge < -0.3 is 9.88 Å². The summed E-state index contributed by atoms with van der Waals surface area (Å²) in [6.07, 6.45) is 1.83. The molecule has 0 fully saturated rings. The second-order valence-electron chi connectivity index (χ2n) is 3.09. The van der Waals surface area contributed by atoms with E-state index in [1.54, 1.807) is 0 Å². The molecule has 1 aromatic heterocycles. The number of hydrogen-bond acceptors (Lipinski definition) is 2. The number of imidazole rings is 1. The van der Waals surface area contributed by atoms with Crippen LogP contribution in [0, 0.1) is 0 Å². The summed E-state index contributed by atoms with van der Waals surface area (Å²) in [4.78, 5) is 4.25. The third-order valence-corrected chi connectivity index (χ3v) is 2.11. The van der Waals surface area contributed by atoms with Crippen LogP contribution in [-0.4, -0.2) is 16.1 Å². The van der Waals surface area contributed by atoms with Crippen LogP contribution in [-0.2, 0) is 7.05 Å². The average molecular weight is 175 g/mol. The number of nitrogens with zero attached hydrogens (tertiary/aromatic N) is 2. The van der Waals surface area contributed by atoms with Crippen molar-refractivity contribution in [2.45, 2.75) is 6.92 Å². The van der Waals surface area contributed by atoms with Crippen molar-refractivity contribution in [3.8, 4) is 0 Å². The van der Waals surface area contributed by atoms with Gasteiger partial charge in [-0.05, 0) is 25.1 Å². The maximum Gasteiger partial charge on any atom is 0.0955 e. The van der Waals surface area contributed by atoms with Crippen molar-refractivity contribution in [2.75, 3.05) is 11.9 Å². The second kappa shape index (κ2) is 3.09. The molecule has 2 rings (SSSR count). The van der Waals surface area contributed by atoms with Crippen LogP contribution in [0.2, 0.25) is 0 Å². The smallest absolute Gasteiger partial charge is 0.0955 e. The van der Waals surface area contributed by atoms with Crippen LogP contribution in [0.1, 0.15) is 6.92 Å².